The minimum atomic E-state index is 0.165. The first-order valence-electron chi connectivity index (χ1n) is 5.90. The number of likely N-dealkylation sites (N-methyl/N-ethyl adjacent to an activating group) is 1. The fourth-order valence-electron chi connectivity index (χ4n) is 1.94. The Hall–Kier alpha value is -1.94. The molecular weight excluding hydrogens is 226 g/mol. The van der Waals surface area contributed by atoms with Crippen molar-refractivity contribution in [3.8, 4) is 5.75 Å². The highest BCUT2D eigenvalue weighted by Gasteiger charge is 2.15. The maximum atomic E-state index is 5.34. The highest BCUT2D eigenvalue weighted by molar-refractivity contribution is 5.33. The number of aromatic nitrogens is 2. The quantitative estimate of drug-likeness (QED) is 0.872. The van der Waals surface area contributed by atoms with Crippen LogP contribution in [0.2, 0.25) is 0 Å². The monoisotopic (exact) mass is 243 g/mol. The van der Waals surface area contributed by atoms with Crippen molar-refractivity contribution in [3.63, 3.8) is 0 Å². The highest BCUT2D eigenvalue weighted by Crippen LogP contribution is 2.25. The lowest BCUT2D eigenvalue weighted by molar-refractivity contribution is 0.399. The van der Waals surface area contributed by atoms with Crippen molar-refractivity contribution in [2.24, 2.45) is 0 Å². The summed E-state index contributed by atoms with van der Waals surface area (Å²) in [5.74, 6) is 0.799. The third-order valence-corrected chi connectivity index (χ3v) is 2.90. The van der Waals surface area contributed by atoms with E-state index in [1.807, 2.05) is 37.5 Å². The first-order valence-corrected chi connectivity index (χ1v) is 5.90. The predicted octanol–water partition coefficient (Wildman–Crippen LogP) is 1.99. The maximum absolute atomic E-state index is 5.34. The molecule has 0 amide bonds. The molecule has 94 valence electrons. The Bertz CT molecular complexity index is 487. The Labute approximate surface area is 107 Å². The number of methoxy groups -OCH3 is 1. The van der Waals surface area contributed by atoms with Gasteiger partial charge in [-0.15, -0.1) is 0 Å². The SMILES string of the molecule is CNC(Cc1ccccn1)c1ccncc1OC. The van der Waals surface area contributed by atoms with Crippen LogP contribution in [0.25, 0.3) is 0 Å². The molecule has 0 aliphatic rings. The van der Waals surface area contributed by atoms with Crippen LogP contribution in [0.4, 0.5) is 0 Å². The summed E-state index contributed by atoms with van der Waals surface area (Å²) in [6.07, 6.45) is 6.14. The average Bonchev–Trinajstić information content (AvgIpc) is 2.46. The molecule has 4 nitrogen and oxygen atoms in total. The Balaban J connectivity index is 2.23. The first-order chi connectivity index (χ1) is 8.85. The molecule has 4 heteroatoms. The second-order valence-electron chi connectivity index (χ2n) is 3.98. The fraction of sp³-hybridized carbons (Fsp3) is 0.286. The smallest absolute Gasteiger partial charge is 0.141 e. The van der Waals surface area contributed by atoms with E-state index in [0.717, 1.165) is 23.4 Å². The van der Waals surface area contributed by atoms with Crippen LogP contribution in [0.5, 0.6) is 5.75 Å². The molecule has 0 aliphatic heterocycles. The first kappa shape index (κ1) is 12.5. The van der Waals surface area contributed by atoms with Gasteiger partial charge in [0.05, 0.1) is 13.3 Å². The molecule has 1 N–H and O–H groups in total. The van der Waals surface area contributed by atoms with E-state index >= 15 is 0 Å². The molecule has 2 aromatic rings. The molecule has 0 aliphatic carbocycles. The van der Waals surface area contributed by atoms with Gasteiger partial charge in [-0.2, -0.15) is 0 Å². The van der Waals surface area contributed by atoms with Gasteiger partial charge in [0, 0.05) is 36.1 Å². The van der Waals surface area contributed by atoms with E-state index in [-0.39, 0.29) is 6.04 Å². The van der Waals surface area contributed by atoms with Crippen molar-refractivity contribution >= 4 is 0 Å². The summed E-state index contributed by atoms with van der Waals surface area (Å²) in [5.41, 5.74) is 2.15. The summed E-state index contributed by atoms with van der Waals surface area (Å²) in [5, 5.41) is 3.29. The fourth-order valence-corrected chi connectivity index (χ4v) is 1.94. The van der Waals surface area contributed by atoms with Crippen molar-refractivity contribution in [2.75, 3.05) is 14.2 Å². The van der Waals surface area contributed by atoms with Crippen LogP contribution >= 0.6 is 0 Å². The van der Waals surface area contributed by atoms with Crippen LogP contribution in [0.3, 0.4) is 0 Å². The van der Waals surface area contributed by atoms with Gasteiger partial charge in [-0.3, -0.25) is 9.97 Å². The van der Waals surface area contributed by atoms with E-state index in [1.165, 1.54) is 0 Å². The minimum Gasteiger partial charge on any atom is -0.495 e. The maximum Gasteiger partial charge on any atom is 0.141 e. The highest BCUT2D eigenvalue weighted by atomic mass is 16.5. The predicted molar refractivity (Wildman–Crippen MR) is 70.5 cm³/mol. The number of pyridine rings is 2. The zero-order valence-electron chi connectivity index (χ0n) is 10.6. The molecular formula is C14H17N3O. The van der Waals surface area contributed by atoms with Gasteiger partial charge in [-0.1, -0.05) is 6.07 Å². The Kier molecular flexibility index (Phi) is 4.25. The van der Waals surface area contributed by atoms with Gasteiger partial charge in [0.15, 0.2) is 0 Å². The standard InChI is InChI=1S/C14H17N3O/c1-15-13(9-11-5-3-4-7-17-11)12-6-8-16-10-14(12)18-2/h3-8,10,13,15H,9H2,1-2H3. The zero-order chi connectivity index (χ0) is 12.8. The van der Waals surface area contributed by atoms with Gasteiger partial charge in [0.2, 0.25) is 0 Å². The third kappa shape index (κ3) is 2.84. The number of nitrogens with one attached hydrogen (secondary N) is 1. The average molecular weight is 243 g/mol. The van der Waals surface area contributed by atoms with Crippen LogP contribution in [-0.4, -0.2) is 24.1 Å². The molecule has 0 fully saturated rings. The van der Waals surface area contributed by atoms with Crippen LogP contribution in [0.15, 0.2) is 42.9 Å². The van der Waals surface area contributed by atoms with Crippen molar-refractivity contribution in [1.82, 2.24) is 15.3 Å². The zero-order valence-corrected chi connectivity index (χ0v) is 10.6. The van der Waals surface area contributed by atoms with Gasteiger partial charge in [-0.05, 0) is 25.2 Å². The summed E-state index contributed by atoms with van der Waals surface area (Å²) < 4.78 is 5.34. The summed E-state index contributed by atoms with van der Waals surface area (Å²) in [7, 11) is 3.60. The van der Waals surface area contributed by atoms with E-state index in [1.54, 1.807) is 19.5 Å². The largest absolute Gasteiger partial charge is 0.495 e. The van der Waals surface area contributed by atoms with E-state index in [2.05, 4.69) is 15.3 Å². The lowest BCUT2D eigenvalue weighted by Gasteiger charge is -2.18. The van der Waals surface area contributed by atoms with Crippen LogP contribution in [0, 0.1) is 0 Å². The summed E-state index contributed by atoms with van der Waals surface area (Å²) >= 11 is 0. The van der Waals surface area contributed by atoms with Crippen LogP contribution < -0.4 is 10.1 Å². The van der Waals surface area contributed by atoms with Crippen LogP contribution in [-0.2, 0) is 6.42 Å². The molecule has 0 aromatic carbocycles. The Morgan fingerprint density at radius 3 is 2.83 bits per heavy atom. The van der Waals surface area contributed by atoms with Gasteiger partial charge >= 0.3 is 0 Å². The molecule has 0 radical (unpaired) electrons. The van der Waals surface area contributed by atoms with Gasteiger partial charge in [-0.25, -0.2) is 0 Å². The number of hydrogen-bond donors (Lipinski definition) is 1. The van der Waals surface area contributed by atoms with Crippen molar-refractivity contribution in [2.45, 2.75) is 12.5 Å². The Morgan fingerprint density at radius 1 is 1.28 bits per heavy atom. The third-order valence-electron chi connectivity index (χ3n) is 2.90. The molecule has 0 saturated heterocycles. The summed E-state index contributed by atoms with van der Waals surface area (Å²) in [4.78, 5) is 8.42. The van der Waals surface area contributed by atoms with Gasteiger partial charge < -0.3 is 10.1 Å². The van der Waals surface area contributed by atoms with E-state index in [0.29, 0.717) is 0 Å². The molecule has 2 heterocycles. The number of hydrogen-bond acceptors (Lipinski definition) is 4. The van der Waals surface area contributed by atoms with Crippen molar-refractivity contribution < 1.29 is 4.74 Å². The molecule has 2 aromatic heterocycles. The van der Waals surface area contributed by atoms with E-state index in [4.69, 9.17) is 4.74 Å². The molecule has 1 atom stereocenters. The second kappa shape index (κ2) is 6.12. The van der Waals surface area contributed by atoms with Crippen molar-refractivity contribution in [1.29, 1.82) is 0 Å². The molecule has 1 unspecified atom stereocenters. The molecule has 0 spiro atoms. The lowest BCUT2D eigenvalue weighted by atomic mass is 10.0. The normalized spacial score (nSPS) is 12.1. The lowest BCUT2D eigenvalue weighted by Crippen LogP contribution is -2.20. The van der Waals surface area contributed by atoms with Crippen LogP contribution in [0.1, 0.15) is 17.3 Å². The minimum absolute atomic E-state index is 0.165. The Morgan fingerprint density at radius 2 is 2.17 bits per heavy atom. The number of ether oxygens (including phenoxy) is 1. The number of nitrogens with zero attached hydrogens (tertiary/aromatic N) is 2. The van der Waals surface area contributed by atoms with Gasteiger partial charge in [0.25, 0.3) is 0 Å². The van der Waals surface area contributed by atoms with Gasteiger partial charge in [0.1, 0.15) is 5.75 Å². The molecule has 2 rings (SSSR count). The summed E-state index contributed by atoms with van der Waals surface area (Å²) in [6, 6.07) is 8.09. The molecule has 18 heavy (non-hydrogen) atoms. The molecule has 0 saturated carbocycles. The number of rotatable bonds is 5. The van der Waals surface area contributed by atoms with E-state index in [9.17, 15) is 0 Å². The van der Waals surface area contributed by atoms with E-state index < -0.39 is 0 Å². The van der Waals surface area contributed by atoms with Crippen molar-refractivity contribution in [3.05, 3.63) is 54.1 Å². The topological polar surface area (TPSA) is 47.0 Å². The second-order valence-corrected chi connectivity index (χ2v) is 3.98. The molecule has 0 bridgehead atoms. The summed E-state index contributed by atoms with van der Waals surface area (Å²) in [6.45, 7) is 0.